The molecule has 6 nitrogen and oxygen atoms in total. The number of nitrogens with zero attached hydrogens (tertiary/aromatic N) is 3. The summed E-state index contributed by atoms with van der Waals surface area (Å²) in [5.41, 5.74) is 4.42. The van der Waals surface area contributed by atoms with E-state index in [1.165, 1.54) is 12.3 Å². The Bertz CT molecular complexity index is 1550. The SMILES string of the molecule is Cc1cccc(F)c1-c1nccc(C(=O)Cc2ccc3[nH]ccc3c2N2C[C@@H](C)C[C@H]2CO[Si](C)(C)C(C)(C)C)n1. The highest BCUT2D eigenvalue weighted by molar-refractivity contribution is 6.74. The fourth-order valence-corrected chi connectivity index (χ4v) is 6.60. The van der Waals surface area contributed by atoms with Gasteiger partial charge in [-0.3, -0.25) is 4.79 Å². The second kappa shape index (κ2) is 11.1. The van der Waals surface area contributed by atoms with Crippen molar-refractivity contribution in [2.75, 3.05) is 18.1 Å². The maximum atomic E-state index is 14.6. The lowest BCUT2D eigenvalue weighted by molar-refractivity contribution is 0.0988. The van der Waals surface area contributed by atoms with Gasteiger partial charge < -0.3 is 14.3 Å². The third-order valence-electron chi connectivity index (χ3n) is 8.88. The van der Waals surface area contributed by atoms with Gasteiger partial charge >= 0.3 is 0 Å². The quantitative estimate of drug-likeness (QED) is 0.173. The number of anilines is 1. The molecular formula is C33H41FN4O2Si. The zero-order valence-electron chi connectivity index (χ0n) is 25.2. The van der Waals surface area contributed by atoms with E-state index < -0.39 is 14.1 Å². The molecule has 0 radical (unpaired) electrons. The van der Waals surface area contributed by atoms with Crippen molar-refractivity contribution in [1.29, 1.82) is 0 Å². The Morgan fingerprint density at radius 3 is 2.68 bits per heavy atom. The van der Waals surface area contributed by atoms with Crippen LogP contribution in [0.2, 0.25) is 18.1 Å². The van der Waals surface area contributed by atoms with E-state index in [0.717, 1.165) is 40.7 Å². The number of halogens is 1. The van der Waals surface area contributed by atoms with Crippen molar-refractivity contribution in [3.63, 3.8) is 0 Å². The molecule has 1 saturated heterocycles. The Kier molecular flexibility index (Phi) is 7.92. The number of fused-ring (bicyclic) bond motifs is 1. The number of ketones is 1. The van der Waals surface area contributed by atoms with Gasteiger partial charge in [-0.2, -0.15) is 0 Å². The second-order valence-corrected chi connectivity index (χ2v) is 17.8. The minimum Gasteiger partial charge on any atom is -0.415 e. The number of aromatic nitrogens is 3. The van der Waals surface area contributed by atoms with Crippen LogP contribution in [0.5, 0.6) is 0 Å². The molecule has 0 aliphatic carbocycles. The minimum absolute atomic E-state index is 0.125. The minimum atomic E-state index is -1.92. The molecule has 1 fully saturated rings. The summed E-state index contributed by atoms with van der Waals surface area (Å²) in [5, 5.41) is 1.24. The molecule has 4 aromatic rings. The van der Waals surface area contributed by atoms with Gasteiger partial charge in [0.25, 0.3) is 0 Å². The number of Topliss-reactive ketones (excluding diaryl/α,β-unsaturated/α-hetero) is 1. The van der Waals surface area contributed by atoms with Crippen LogP contribution in [0.4, 0.5) is 10.1 Å². The second-order valence-electron chi connectivity index (χ2n) is 13.0. The van der Waals surface area contributed by atoms with Crippen molar-refractivity contribution in [2.45, 2.75) is 71.6 Å². The molecule has 5 rings (SSSR count). The summed E-state index contributed by atoms with van der Waals surface area (Å²) in [6.45, 7) is 17.1. The number of rotatable bonds is 8. The van der Waals surface area contributed by atoms with E-state index in [9.17, 15) is 9.18 Å². The molecule has 41 heavy (non-hydrogen) atoms. The van der Waals surface area contributed by atoms with E-state index in [1.54, 1.807) is 12.1 Å². The monoisotopic (exact) mass is 572 g/mol. The molecule has 8 heteroatoms. The molecule has 0 amide bonds. The van der Waals surface area contributed by atoms with Crippen LogP contribution in [0.1, 0.15) is 55.7 Å². The number of hydrogen-bond acceptors (Lipinski definition) is 5. The lowest BCUT2D eigenvalue weighted by Gasteiger charge is -2.38. The summed E-state index contributed by atoms with van der Waals surface area (Å²) in [4.78, 5) is 28.3. The Morgan fingerprint density at radius 2 is 1.95 bits per heavy atom. The number of aryl methyl sites for hydroxylation is 1. The molecular weight excluding hydrogens is 531 g/mol. The third-order valence-corrected chi connectivity index (χ3v) is 13.4. The summed E-state index contributed by atoms with van der Waals surface area (Å²) in [6.07, 6.45) is 4.71. The first-order valence-corrected chi connectivity index (χ1v) is 17.4. The van der Waals surface area contributed by atoms with E-state index in [2.05, 4.69) is 66.7 Å². The van der Waals surface area contributed by atoms with Gasteiger partial charge in [-0.25, -0.2) is 14.4 Å². The largest absolute Gasteiger partial charge is 0.415 e. The van der Waals surface area contributed by atoms with Crippen LogP contribution in [0, 0.1) is 18.7 Å². The van der Waals surface area contributed by atoms with Gasteiger partial charge in [0, 0.05) is 36.3 Å². The zero-order valence-corrected chi connectivity index (χ0v) is 26.2. The van der Waals surface area contributed by atoms with Gasteiger partial charge in [-0.05, 0) is 72.8 Å². The van der Waals surface area contributed by atoms with Gasteiger partial charge in [0.1, 0.15) is 11.5 Å². The number of aromatic amines is 1. The summed E-state index contributed by atoms with van der Waals surface area (Å²) in [5.74, 6) is 0.210. The van der Waals surface area contributed by atoms with Crippen LogP contribution in [-0.4, -0.2) is 48.2 Å². The van der Waals surface area contributed by atoms with Crippen molar-refractivity contribution < 1.29 is 13.6 Å². The predicted octanol–water partition coefficient (Wildman–Crippen LogP) is 7.73. The van der Waals surface area contributed by atoms with Crippen molar-refractivity contribution in [2.24, 2.45) is 5.92 Å². The molecule has 1 aliphatic rings. The fourth-order valence-electron chi connectivity index (χ4n) is 5.56. The molecule has 2 atom stereocenters. The van der Waals surface area contributed by atoms with E-state index in [0.29, 0.717) is 18.1 Å². The standard InChI is InChI=1S/C33H41FN4O2Si/c1-21-17-24(20-40-41(6,7)33(3,4)5)38(19-21)31-23(11-12-27-25(31)13-15-35-27)18-29(39)28-14-16-36-32(37-28)30-22(2)9-8-10-26(30)34/h8-16,21,24,35H,17-20H2,1-7H3/t21-,24-/m0/s1. The molecule has 0 saturated carbocycles. The lowest BCUT2D eigenvalue weighted by atomic mass is 10.0. The topological polar surface area (TPSA) is 71.1 Å². The first-order chi connectivity index (χ1) is 19.4. The van der Waals surface area contributed by atoms with E-state index in [1.807, 2.05) is 31.3 Å². The molecule has 3 heterocycles. The number of carbonyl (C=O) groups is 1. The Balaban J connectivity index is 1.47. The van der Waals surface area contributed by atoms with Gasteiger partial charge in [0.05, 0.1) is 23.9 Å². The molecule has 2 aromatic heterocycles. The number of nitrogens with one attached hydrogen (secondary N) is 1. The average molecular weight is 573 g/mol. The van der Waals surface area contributed by atoms with Crippen molar-refractivity contribution >= 4 is 30.7 Å². The van der Waals surface area contributed by atoms with Crippen LogP contribution >= 0.6 is 0 Å². The average Bonchev–Trinajstić information content (AvgIpc) is 3.53. The lowest BCUT2D eigenvalue weighted by Crippen LogP contribution is -2.45. The van der Waals surface area contributed by atoms with E-state index in [-0.39, 0.29) is 34.8 Å². The summed E-state index contributed by atoms with van der Waals surface area (Å²) in [7, 11) is -1.92. The van der Waals surface area contributed by atoms with Crippen LogP contribution < -0.4 is 4.90 Å². The summed E-state index contributed by atoms with van der Waals surface area (Å²) < 4.78 is 21.4. The van der Waals surface area contributed by atoms with Crippen molar-refractivity contribution in [3.8, 4) is 11.4 Å². The zero-order chi connectivity index (χ0) is 29.5. The first-order valence-electron chi connectivity index (χ1n) is 14.5. The fraction of sp³-hybridized carbons (Fsp3) is 0.424. The van der Waals surface area contributed by atoms with Crippen molar-refractivity contribution in [1.82, 2.24) is 15.0 Å². The predicted molar refractivity (Wildman–Crippen MR) is 167 cm³/mol. The van der Waals surface area contributed by atoms with Crippen molar-refractivity contribution in [3.05, 3.63) is 77.5 Å². The highest BCUT2D eigenvalue weighted by Gasteiger charge is 2.40. The molecule has 2 aromatic carbocycles. The normalized spacial score (nSPS) is 17.9. The van der Waals surface area contributed by atoms with Gasteiger partial charge in [0.2, 0.25) is 0 Å². The van der Waals surface area contributed by atoms with Gasteiger partial charge in [-0.15, -0.1) is 0 Å². The van der Waals surface area contributed by atoms with Crippen LogP contribution in [0.15, 0.2) is 54.9 Å². The van der Waals surface area contributed by atoms with Gasteiger partial charge in [0.15, 0.2) is 19.9 Å². The third kappa shape index (κ3) is 5.86. The number of H-pyrrole nitrogens is 1. The maximum Gasteiger partial charge on any atom is 0.192 e. The van der Waals surface area contributed by atoms with Crippen LogP contribution in [-0.2, 0) is 10.8 Å². The first kappa shape index (κ1) is 29.1. The Hall–Kier alpha value is -3.36. The van der Waals surface area contributed by atoms with Crippen LogP contribution in [0.25, 0.3) is 22.3 Å². The molecule has 1 aliphatic heterocycles. The highest BCUT2D eigenvalue weighted by atomic mass is 28.4. The number of hydrogen-bond donors (Lipinski definition) is 1. The van der Waals surface area contributed by atoms with E-state index >= 15 is 0 Å². The molecule has 216 valence electrons. The highest BCUT2D eigenvalue weighted by Crippen LogP contribution is 2.40. The molecule has 0 spiro atoms. The molecule has 0 bridgehead atoms. The van der Waals surface area contributed by atoms with Gasteiger partial charge in [-0.1, -0.05) is 45.9 Å². The molecule has 1 N–H and O–H groups in total. The summed E-state index contributed by atoms with van der Waals surface area (Å²) >= 11 is 0. The van der Waals surface area contributed by atoms with Crippen LogP contribution in [0.3, 0.4) is 0 Å². The summed E-state index contributed by atoms with van der Waals surface area (Å²) in [6, 6.07) is 12.9. The Morgan fingerprint density at radius 1 is 1.17 bits per heavy atom. The smallest absolute Gasteiger partial charge is 0.192 e. The number of carbonyl (C=O) groups excluding carboxylic acids is 1. The Labute approximate surface area is 243 Å². The number of benzene rings is 2. The maximum absolute atomic E-state index is 14.6. The molecule has 0 unspecified atom stereocenters. The van der Waals surface area contributed by atoms with E-state index in [4.69, 9.17) is 4.43 Å².